The molecule has 1 aromatic carbocycles. The number of aromatic amines is 1. The summed E-state index contributed by atoms with van der Waals surface area (Å²) >= 11 is 1.54. The van der Waals surface area contributed by atoms with E-state index in [0.29, 0.717) is 0 Å². The maximum absolute atomic E-state index is 12.6. The third kappa shape index (κ3) is 4.55. The molecule has 2 aromatic heterocycles. The van der Waals surface area contributed by atoms with Crippen LogP contribution in [0.3, 0.4) is 0 Å². The second-order valence-electron chi connectivity index (χ2n) is 7.42. The van der Waals surface area contributed by atoms with Crippen LogP contribution in [0.2, 0.25) is 0 Å². The minimum absolute atomic E-state index is 0.0657. The number of thiophene rings is 1. The molecule has 0 radical (unpaired) electrons. The summed E-state index contributed by atoms with van der Waals surface area (Å²) in [7, 11) is 0. The lowest BCUT2D eigenvalue weighted by molar-refractivity contribution is 0.0933. The van der Waals surface area contributed by atoms with Crippen LogP contribution in [0, 0.1) is 0 Å². The molecule has 3 aromatic rings. The van der Waals surface area contributed by atoms with Crippen molar-refractivity contribution in [3.05, 3.63) is 81.5 Å². The van der Waals surface area contributed by atoms with Crippen molar-refractivity contribution in [3.63, 3.8) is 0 Å². The molecule has 0 saturated heterocycles. The number of benzene rings is 1. The summed E-state index contributed by atoms with van der Waals surface area (Å²) in [5.41, 5.74) is 1.64. The molecule has 5 heteroatoms. The van der Waals surface area contributed by atoms with Crippen molar-refractivity contribution in [2.45, 2.75) is 38.6 Å². The van der Waals surface area contributed by atoms with E-state index in [-0.39, 0.29) is 28.5 Å². The largest absolute Gasteiger partial charge is 0.349 e. The fourth-order valence-corrected chi connectivity index (χ4v) is 4.06. The smallest absolute Gasteiger partial charge is 0.261 e. The topological polar surface area (TPSA) is 62.0 Å². The average Bonchev–Trinajstić information content (AvgIpc) is 3.16. The number of carbonyl (C=O) groups excluding carboxylic acids is 1. The number of aromatic nitrogens is 1. The van der Waals surface area contributed by atoms with Gasteiger partial charge in [0, 0.05) is 6.04 Å². The molecular weight excluding hydrogens is 356 g/mol. The fraction of sp³-hybridized carbons (Fsp3) is 0.273. The second kappa shape index (κ2) is 7.92. The van der Waals surface area contributed by atoms with Gasteiger partial charge in [-0.2, -0.15) is 0 Å². The van der Waals surface area contributed by atoms with Gasteiger partial charge in [0.15, 0.2) is 0 Å². The Bertz CT molecular complexity index is 959. The highest BCUT2D eigenvalue weighted by Crippen LogP contribution is 2.28. The number of rotatable bonds is 6. The number of hydrogen-bond donors (Lipinski definition) is 2. The van der Waals surface area contributed by atoms with Crippen LogP contribution in [0.25, 0.3) is 10.6 Å². The van der Waals surface area contributed by atoms with Gasteiger partial charge >= 0.3 is 0 Å². The molecule has 1 unspecified atom stereocenters. The molecule has 0 saturated carbocycles. The first-order chi connectivity index (χ1) is 12.9. The predicted molar refractivity (Wildman–Crippen MR) is 111 cm³/mol. The summed E-state index contributed by atoms with van der Waals surface area (Å²) < 4.78 is 0. The van der Waals surface area contributed by atoms with Crippen LogP contribution in [0.15, 0.2) is 64.8 Å². The normalized spacial score (nSPS) is 12.6. The zero-order chi connectivity index (χ0) is 19.4. The van der Waals surface area contributed by atoms with Crippen LogP contribution in [-0.4, -0.2) is 16.9 Å². The molecule has 3 rings (SSSR count). The summed E-state index contributed by atoms with van der Waals surface area (Å²) in [6, 6.07) is 17.4. The van der Waals surface area contributed by atoms with Crippen molar-refractivity contribution in [2.75, 3.05) is 0 Å². The van der Waals surface area contributed by atoms with Crippen LogP contribution in [-0.2, 0) is 5.41 Å². The van der Waals surface area contributed by atoms with Crippen LogP contribution in [0.4, 0.5) is 0 Å². The van der Waals surface area contributed by atoms with E-state index in [0.717, 1.165) is 17.0 Å². The lowest BCUT2D eigenvalue weighted by Gasteiger charge is -2.29. The van der Waals surface area contributed by atoms with Crippen LogP contribution >= 0.6 is 11.3 Å². The lowest BCUT2D eigenvalue weighted by atomic mass is 9.79. The van der Waals surface area contributed by atoms with Crippen LogP contribution in [0.1, 0.15) is 43.1 Å². The third-order valence-corrected chi connectivity index (χ3v) is 5.59. The van der Waals surface area contributed by atoms with Crippen molar-refractivity contribution in [3.8, 4) is 10.6 Å². The fourth-order valence-electron chi connectivity index (χ4n) is 3.35. The first kappa shape index (κ1) is 19.1. The lowest BCUT2D eigenvalue weighted by Crippen LogP contribution is -2.39. The first-order valence-corrected chi connectivity index (χ1v) is 9.88. The zero-order valence-corrected chi connectivity index (χ0v) is 16.6. The highest BCUT2D eigenvalue weighted by atomic mass is 32.1. The Hall–Kier alpha value is -2.66. The van der Waals surface area contributed by atoms with E-state index >= 15 is 0 Å². The van der Waals surface area contributed by atoms with Gasteiger partial charge in [-0.05, 0) is 47.9 Å². The molecule has 0 aliphatic rings. The Morgan fingerprint density at radius 3 is 2.48 bits per heavy atom. The van der Waals surface area contributed by atoms with Gasteiger partial charge in [0.25, 0.3) is 11.5 Å². The molecule has 1 atom stereocenters. The standard InChI is InChI=1S/C22H24N2O2S/c1-15(14-22(2,3)16-8-5-4-6-9-16)23-20(25)17-11-12-18(24-21(17)26)19-10-7-13-27-19/h4-13,15H,14H2,1-3H3,(H,23,25)(H,24,26). The van der Waals surface area contributed by atoms with Crippen molar-refractivity contribution in [1.29, 1.82) is 0 Å². The van der Waals surface area contributed by atoms with E-state index in [2.05, 4.69) is 36.3 Å². The van der Waals surface area contributed by atoms with Crippen molar-refractivity contribution in [2.24, 2.45) is 0 Å². The molecule has 4 nitrogen and oxygen atoms in total. The number of nitrogens with one attached hydrogen (secondary N) is 2. The molecule has 1 amide bonds. The van der Waals surface area contributed by atoms with E-state index in [1.807, 2.05) is 42.6 Å². The van der Waals surface area contributed by atoms with Gasteiger partial charge in [-0.25, -0.2) is 0 Å². The van der Waals surface area contributed by atoms with Crippen molar-refractivity contribution >= 4 is 17.2 Å². The summed E-state index contributed by atoms with van der Waals surface area (Å²) in [6.45, 7) is 6.29. The van der Waals surface area contributed by atoms with Gasteiger partial charge in [-0.1, -0.05) is 50.2 Å². The maximum Gasteiger partial charge on any atom is 0.261 e. The molecule has 2 heterocycles. The summed E-state index contributed by atoms with van der Waals surface area (Å²) in [5.74, 6) is -0.342. The zero-order valence-electron chi connectivity index (χ0n) is 15.8. The average molecular weight is 381 g/mol. The number of carbonyl (C=O) groups is 1. The molecule has 0 spiro atoms. The van der Waals surface area contributed by atoms with Crippen LogP contribution in [0.5, 0.6) is 0 Å². The molecular formula is C22H24N2O2S. The van der Waals surface area contributed by atoms with Gasteiger partial charge in [0.2, 0.25) is 0 Å². The molecule has 140 valence electrons. The molecule has 2 N–H and O–H groups in total. The Labute approximate surface area is 163 Å². The summed E-state index contributed by atoms with van der Waals surface area (Å²) in [5, 5.41) is 4.91. The van der Waals surface area contributed by atoms with Gasteiger partial charge in [0.05, 0.1) is 10.6 Å². The molecule has 0 fully saturated rings. The molecule has 27 heavy (non-hydrogen) atoms. The monoisotopic (exact) mass is 380 g/mol. The molecule has 0 aliphatic heterocycles. The number of amides is 1. The van der Waals surface area contributed by atoms with E-state index in [4.69, 9.17) is 0 Å². The number of pyridine rings is 1. The minimum Gasteiger partial charge on any atom is -0.349 e. The second-order valence-corrected chi connectivity index (χ2v) is 8.37. The Kier molecular flexibility index (Phi) is 5.61. The summed E-state index contributed by atoms with van der Waals surface area (Å²) in [4.78, 5) is 28.7. The Morgan fingerprint density at radius 2 is 1.85 bits per heavy atom. The number of hydrogen-bond acceptors (Lipinski definition) is 3. The number of H-pyrrole nitrogens is 1. The van der Waals surface area contributed by atoms with Gasteiger partial charge in [0.1, 0.15) is 5.56 Å². The Morgan fingerprint density at radius 1 is 1.11 bits per heavy atom. The van der Waals surface area contributed by atoms with Crippen LogP contribution < -0.4 is 10.9 Å². The van der Waals surface area contributed by atoms with E-state index in [1.165, 1.54) is 5.56 Å². The van der Waals surface area contributed by atoms with Crippen molar-refractivity contribution < 1.29 is 4.79 Å². The Balaban J connectivity index is 1.69. The quantitative estimate of drug-likeness (QED) is 0.657. The predicted octanol–water partition coefficient (Wildman–Crippen LogP) is 4.59. The highest BCUT2D eigenvalue weighted by molar-refractivity contribution is 7.13. The van der Waals surface area contributed by atoms with Gasteiger partial charge in [-0.3, -0.25) is 9.59 Å². The third-order valence-electron chi connectivity index (χ3n) is 4.69. The van der Waals surface area contributed by atoms with E-state index in [1.54, 1.807) is 23.5 Å². The van der Waals surface area contributed by atoms with Gasteiger partial charge in [-0.15, -0.1) is 11.3 Å². The molecule has 0 bridgehead atoms. The highest BCUT2D eigenvalue weighted by Gasteiger charge is 2.24. The maximum atomic E-state index is 12.6. The SMILES string of the molecule is CC(CC(C)(C)c1ccccc1)NC(=O)c1ccc(-c2cccs2)[nH]c1=O. The van der Waals surface area contributed by atoms with E-state index in [9.17, 15) is 9.59 Å². The summed E-state index contributed by atoms with van der Waals surface area (Å²) in [6.07, 6.45) is 0.772. The first-order valence-electron chi connectivity index (χ1n) is 9.00. The molecule has 0 aliphatic carbocycles. The van der Waals surface area contributed by atoms with Gasteiger partial charge < -0.3 is 10.3 Å². The van der Waals surface area contributed by atoms with E-state index < -0.39 is 0 Å². The minimum atomic E-state index is -0.368. The van der Waals surface area contributed by atoms with Crippen molar-refractivity contribution in [1.82, 2.24) is 10.3 Å².